The number of fused-ring (bicyclic) bond motifs is 1. The lowest BCUT2D eigenvalue weighted by Crippen LogP contribution is -2.38. The first kappa shape index (κ1) is 18.8. The Morgan fingerprint density at radius 1 is 1.24 bits per heavy atom. The molecule has 0 aliphatic carbocycles. The number of nitrogens with one attached hydrogen (secondary N) is 1. The van der Waals surface area contributed by atoms with Gasteiger partial charge in [0, 0.05) is 23.6 Å². The van der Waals surface area contributed by atoms with Crippen molar-refractivity contribution in [1.82, 2.24) is 14.5 Å². The lowest BCUT2D eigenvalue weighted by molar-refractivity contribution is -0.118. The topological polar surface area (TPSA) is 126 Å². The molecule has 0 radical (unpaired) electrons. The van der Waals surface area contributed by atoms with E-state index in [1.165, 1.54) is 12.3 Å². The summed E-state index contributed by atoms with van der Waals surface area (Å²) in [5.74, 6) is -1.23. The van der Waals surface area contributed by atoms with Gasteiger partial charge in [-0.2, -0.15) is 0 Å². The molecule has 0 fully saturated rings. The number of carboxylic acids is 1. The first-order valence-electron chi connectivity index (χ1n) is 8.74. The number of primary amides is 1. The number of rotatable bonds is 6. The summed E-state index contributed by atoms with van der Waals surface area (Å²) >= 11 is 6.03. The van der Waals surface area contributed by atoms with E-state index >= 15 is 0 Å². The molecule has 29 heavy (non-hydrogen) atoms. The van der Waals surface area contributed by atoms with Crippen LogP contribution in [0.4, 0.5) is 11.5 Å². The molecule has 3 heterocycles. The largest absolute Gasteiger partial charge is 0.478 e. The van der Waals surface area contributed by atoms with Gasteiger partial charge in [0.25, 0.3) is 0 Å². The van der Waals surface area contributed by atoms with Gasteiger partial charge in [-0.3, -0.25) is 4.79 Å². The first-order valence-corrected chi connectivity index (χ1v) is 9.12. The van der Waals surface area contributed by atoms with Crippen LogP contribution in [0, 0.1) is 0 Å². The smallest absolute Gasteiger partial charge is 0.338 e. The number of carbonyl (C=O) groups excluding carboxylic acids is 1. The number of nitrogens with two attached hydrogens (primary N) is 1. The van der Waals surface area contributed by atoms with Crippen LogP contribution in [0.5, 0.6) is 0 Å². The Kier molecular flexibility index (Phi) is 4.81. The van der Waals surface area contributed by atoms with E-state index in [1.807, 2.05) is 12.1 Å². The van der Waals surface area contributed by atoms with Crippen LogP contribution in [-0.2, 0) is 4.79 Å². The Balaban J connectivity index is 1.90. The van der Waals surface area contributed by atoms with Crippen molar-refractivity contribution in [1.29, 1.82) is 0 Å². The molecule has 1 aromatic carbocycles. The van der Waals surface area contributed by atoms with Crippen molar-refractivity contribution >= 4 is 35.0 Å². The van der Waals surface area contributed by atoms with Crippen molar-refractivity contribution < 1.29 is 14.7 Å². The number of nitrogens with zero attached hydrogens (tertiary/aromatic N) is 4. The van der Waals surface area contributed by atoms with Gasteiger partial charge in [0.1, 0.15) is 12.3 Å². The first-order chi connectivity index (χ1) is 14.0. The number of hydrogen-bond donors (Lipinski definition) is 3. The molecule has 0 saturated heterocycles. The number of imidazole rings is 1. The van der Waals surface area contributed by atoms with Crippen LogP contribution in [0.2, 0.25) is 5.02 Å². The lowest BCUT2D eigenvalue weighted by atomic mass is 10.1. The number of amides is 1. The minimum absolute atomic E-state index is 0.0600. The van der Waals surface area contributed by atoms with E-state index in [1.54, 1.807) is 40.3 Å². The molecular weight excluding hydrogens is 396 g/mol. The Bertz CT molecular complexity index is 1050. The van der Waals surface area contributed by atoms with E-state index in [2.05, 4.69) is 15.3 Å². The Morgan fingerprint density at radius 2 is 2.00 bits per heavy atom. The number of anilines is 2. The lowest BCUT2D eigenvalue weighted by Gasteiger charge is -2.35. The van der Waals surface area contributed by atoms with Crippen LogP contribution >= 0.6 is 11.6 Å². The monoisotopic (exact) mass is 412 g/mol. The summed E-state index contributed by atoms with van der Waals surface area (Å²) in [6.07, 6.45) is 5.08. The molecule has 9 nitrogen and oxygen atoms in total. The van der Waals surface area contributed by atoms with Gasteiger partial charge in [0.2, 0.25) is 5.91 Å². The van der Waals surface area contributed by atoms with Gasteiger partial charge in [0.05, 0.1) is 24.0 Å². The van der Waals surface area contributed by atoms with Crippen molar-refractivity contribution in [3.63, 3.8) is 0 Å². The van der Waals surface area contributed by atoms with Gasteiger partial charge in [0.15, 0.2) is 5.82 Å². The third kappa shape index (κ3) is 3.47. The summed E-state index contributed by atoms with van der Waals surface area (Å²) in [4.78, 5) is 33.9. The number of benzene rings is 1. The Morgan fingerprint density at radius 3 is 2.62 bits per heavy atom. The molecule has 1 aliphatic rings. The highest BCUT2D eigenvalue weighted by molar-refractivity contribution is 6.30. The second-order valence-corrected chi connectivity index (χ2v) is 6.96. The van der Waals surface area contributed by atoms with Gasteiger partial charge >= 0.3 is 5.97 Å². The zero-order valence-corrected chi connectivity index (χ0v) is 15.8. The fraction of sp³-hybridized carbons (Fsp3) is 0.158. The minimum atomic E-state index is -1.10. The molecule has 2 aromatic heterocycles. The number of aromatic nitrogens is 3. The summed E-state index contributed by atoms with van der Waals surface area (Å²) < 4.78 is 1.71. The fourth-order valence-corrected chi connectivity index (χ4v) is 3.63. The number of carboxylic acid groups (broad SMARTS) is 1. The quantitative estimate of drug-likeness (QED) is 0.568. The highest BCUT2D eigenvalue weighted by Gasteiger charge is 2.40. The van der Waals surface area contributed by atoms with E-state index in [0.717, 1.165) is 5.56 Å². The predicted molar refractivity (Wildman–Crippen MR) is 107 cm³/mol. The average Bonchev–Trinajstić information content (AvgIpc) is 3.34. The maximum Gasteiger partial charge on any atom is 0.338 e. The van der Waals surface area contributed by atoms with Crippen molar-refractivity contribution in [2.24, 2.45) is 5.73 Å². The molecule has 0 bridgehead atoms. The molecule has 1 amide bonds. The van der Waals surface area contributed by atoms with Gasteiger partial charge in [-0.05, 0) is 23.8 Å². The van der Waals surface area contributed by atoms with Crippen LogP contribution in [0.1, 0.15) is 34.7 Å². The molecule has 3 aromatic rings. The van der Waals surface area contributed by atoms with Gasteiger partial charge < -0.3 is 25.6 Å². The fourth-order valence-electron chi connectivity index (χ4n) is 3.50. The standard InChI is InChI=1S/C19H17ClN6O3/c20-12-3-1-11(2-4-12)18-24-17-16(13(19(28)29)5-6-23-17)26(18)15(9-14(21)27)25-8-7-22-10-25/h1-8,10,15,18H,9H2,(H2,21,27)(H,23,24)(H,28,29). The van der Waals surface area contributed by atoms with Crippen LogP contribution < -0.4 is 16.0 Å². The predicted octanol–water partition coefficient (Wildman–Crippen LogP) is 2.63. The highest BCUT2D eigenvalue weighted by Crippen LogP contribution is 2.46. The third-order valence-electron chi connectivity index (χ3n) is 4.72. The minimum Gasteiger partial charge on any atom is -0.478 e. The van der Waals surface area contributed by atoms with Crippen LogP contribution in [0.25, 0.3) is 0 Å². The van der Waals surface area contributed by atoms with Crippen molar-refractivity contribution in [2.75, 3.05) is 10.2 Å². The maximum atomic E-state index is 11.9. The molecule has 0 spiro atoms. The van der Waals surface area contributed by atoms with E-state index in [4.69, 9.17) is 17.3 Å². The van der Waals surface area contributed by atoms with E-state index in [9.17, 15) is 14.7 Å². The molecule has 1 aliphatic heterocycles. The van der Waals surface area contributed by atoms with E-state index in [-0.39, 0.29) is 12.0 Å². The SMILES string of the molecule is NC(=O)CC(N1c2c(C(=O)O)ccnc2NC1c1ccc(Cl)cc1)n1ccnc1. The number of pyridine rings is 1. The summed E-state index contributed by atoms with van der Waals surface area (Å²) in [6.45, 7) is 0. The number of carbonyl (C=O) groups is 2. The number of hydrogen-bond acceptors (Lipinski definition) is 6. The molecular formula is C19H17ClN6O3. The normalized spacial score (nSPS) is 16.2. The summed E-state index contributed by atoms with van der Waals surface area (Å²) in [6, 6.07) is 8.57. The summed E-state index contributed by atoms with van der Waals surface area (Å²) in [5, 5.41) is 13.6. The van der Waals surface area contributed by atoms with E-state index in [0.29, 0.717) is 16.5 Å². The van der Waals surface area contributed by atoms with Crippen molar-refractivity contribution in [3.8, 4) is 0 Å². The molecule has 2 atom stereocenters. The summed E-state index contributed by atoms with van der Waals surface area (Å²) in [7, 11) is 0. The van der Waals surface area contributed by atoms with Gasteiger partial charge in [-0.15, -0.1) is 0 Å². The molecule has 10 heteroatoms. The Labute approximate surface area is 170 Å². The maximum absolute atomic E-state index is 11.9. The number of halogens is 1. The zero-order chi connectivity index (χ0) is 20.5. The molecule has 148 valence electrons. The zero-order valence-electron chi connectivity index (χ0n) is 15.1. The summed E-state index contributed by atoms with van der Waals surface area (Å²) in [5.41, 5.74) is 6.78. The third-order valence-corrected chi connectivity index (χ3v) is 4.98. The molecule has 4 rings (SSSR count). The number of aromatic carboxylic acids is 1. The highest BCUT2D eigenvalue weighted by atomic mass is 35.5. The van der Waals surface area contributed by atoms with Crippen LogP contribution in [0.3, 0.4) is 0 Å². The van der Waals surface area contributed by atoms with E-state index < -0.39 is 24.2 Å². The van der Waals surface area contributed by atoms with Gasteiger partial charge in [-0.1, -0.05) is 23.7 Å². The Hall–Kier alpha value is -3.59. The molecule has 0 saturated carbocycles. The van der Waals surface area contributed by atoms with Crippen molar-refractivity contribution in [3.05, 3.63) is 71.4 Å². The van der Waals surface area contributed by atoms with Crippen LogP contribution in [-0.4, -0.2) is 31.5 Å². The second kappa shape index (κ2) is 7.44. The molecule has 4 N–H and O–H groups in total. The molecule has 2 unspecified atom stereocenters. The average molecular weight is 413 g/mol. The van der Waals surface area contributed by atoms with Crippen LogP contribution in [0.15, 0.2) is 55.2 Å². The second-order valence-electron chi connectivity index (χ2n) is 6.53. The van der Waals surface area contributed by atoms with Gasteiger partial charge in [-0.25, -0.2) is 14.8 Å². The van der Waals surface area contributed by atoms with Crippen molar-refractivity contribution in [2.45, 2.75) is 18.8 Å².